The Labute approximate surface area is 104 Å². The van der Waals surface area contributed by atoms with E-state index in [0.717, 1.165) is 17.7 Å². The number of para-hydroxylation sites is 1. The number of pyridine rings is 1. The van der Waals surface area contributed by atoms with Gasteiger partial charge in [-0.25, -0.2) is 0 Å². The maximum Gasteiger partial charge on any atom is 0.0933 e. The Hall–Kier alpha value is -1.87. The number of hydrogen-bond acceptors (Lipinski definition) is 3. The molecule has 1 aromatic carbocycles. The number of fused-ring (bicyclic) bond motifs is 1. The molecule has 0 aliphatic rings. The van der Waals surface area contributed by atoms with Crippen molar-refractivity contribution in [1.82, 2.24) is 4.98 Å². The number of rotatable bonds is 3. The van der Waals surface area contributed by atoms with E-state index in [1.165, 1.54) is 10.3 Å². The molecule has 2 aromatic heterocycles. The highest BCUT2D eigenvalue weighted by Crippen LogP contribution is 2.21. The van der Waals surface area contributed by atoms with Crippen LogP contribution in [-0.2, 0) is 6.54 Å². The second-order valence-corrected chi connectivity index (χ2v) is 4.85. The predicted octanol–water partition coefficient (Wildman–Crippen LogP) is 3.91. The average Bonchev–Trinajstić information content (AvgIpc) is 2.89. The molecule has 2 heterocycles. The van der Waals surface area contributed by atoms with Crippen LogP contribution in [0.4, 0.5) is 5.69 Å². The van der Waals surface area contributed by atoms with Gasteiger partial charge in [0.05, 0.1) is 11.2 Å². The number of nitrogens with zero attached hydrogens (tertiary/aromatic N) is 1. The number of aromatic nitrogens is 1. The molecule has 3 aromatic rings. The summed E-state index contributed by atoms with van der Waals surface area (Å²) >= 11 is 1.76. The molecule has 0 bridgehead atoms. The normalized spacial score (nSPS) is 10.6. The molecule has 0 unspecified atom stereocenters. The van der Waals surface area contributed by atoms with Gasteiger partial charge in [-0.2, -0.15) is 0 Å². The second-order valence-electron chi connectivity index (χ2n) is 3.81. The number of hydrogen-bond donors (Lipinski definition) is 1. The van der Waals surface area contributed by atoms with Gasteiger partial charge in [0.2, 0.25) is 0 Å². The fourth-order valence-corrected chi connectivity index (χ4v) is 2.49. The average molecular weight is 240 g/mol. The molecule has 3 heteroatoms. The van der Waals surface area contributed by atoms with E-state index in [1.54, 1.807) is 11.3 Å². The first-order valence-electron chi connectivity index (χ1n) is 5.53. The summed E-state index contributed by atoms with van der Waals surface area (Å²) in [6, 6.07) is 14.5. The number of benzene rings is 1. The lowest BCUT2D eigenvalue weighted by molar-refractivity contribution is 1.19. The van der Waals surface area contributed by atoms with E-state index in [2.05, 4.69) is 52.1 Å². The summed E-state index contributed by atoms with van der Waals surface area (Å²) in [7, 11) is 0. The maximum atomic E-state index is 4.42. The molecular weight excluding hydrogens is 228 g/mol. The van der Waals surface area contributed by atoms with Crippen molar-refractivity contribution >= 4 is 27.9 Å². The van der Waals surface area contributed by atoms with Gasteiger partial charge >= 0.3 is 0 Å². The lowest BCUT2D eigenvalue weighted by Gasteiger charge is -2.07. The van der Waals surface area contributed by atoms with E-state index in [9.17, 15) is 0 Å². The Balaban J connectivity index is 1.90. The van der Waals surface area contributed by atoms with Crippen LogP contribution in [0, 0.1) is 0 Å². The molecule has 0 amide bonds. The predicted molar refractivity (Wildman–Crippen MR) is 73.4 cm³/mol. The molecule has 0 atom stereocenters. The third-order valence-electron chi connectivity index (χ3n) is 2.67. The molecule has 0 spiro atoms. The fourth-order valence-electron chi connectivity index (χ4n) is 1.84. The van der Waals surface area contributed by atoms with Crippen molar-refractivity contribution < 1.29 is 0 Å². The number of thiophene rings is 1. The van der Waals surface area contributed by atoms with E-state index in [0.29, 0.717) is 0 Å². The number of anilines is 1. The molecular formula is C14H12N2S. The quantitative estimate of drug-likeness (QED) is 0.750. The van der Waals surface area contributed by atoms with E-state index in [4.69, 9.17) is 0 Å². The van der Waals surface area contributed by atoms with Crippen LogP contribution in [-0.4, -0.2) is 4.98 Å². The van der Waals surface area contributed by atoms with Gasteiger partial charge in [-0.3, -0.25) is 4.98 Å². The Morgan fingerprint density at radius 3 is 2.88 bits per heavy atom. The maximum absolute atomic E-state index is 4.42. The molecule has 0 aliphatic carbocycles. The zero-order valence-electron chi connectivity index (χ0n) is 9.26. The van der Waals surface area contributed by atoms with Gasteiger partial charge in [0.25, 0.3) is 0 Å². The Bertz CT molecular complexity index is 612. The van der Waals surface area contributed by atoms with Crippen LogP contribution in [0.3, 0.4) is 0 Å². The minimum atomic E-state index is 0.855. The Morgan fingerprint density at radius 2 is 2.00 bits per heavy atom. The van der Waals surface area contributed by atoms with Crippen LogP contribution >= 0.6 is 11.3 Å². The first-order valence-corrected chi connectivity index (χ1v) is 6.41. The summed E-state index contributed by atoms with van der Waals surface area (Å²) < 4.78 is 0. The summed E-state index contributed by atoms with van der Waals surface area (Å²) in [5, 5.41) is 6.70. The smallest absolute Gasteiger partial charge is 0.0933 e. The second kappa shape index (κ2) is 4.55. The molecule has 0 fully saturated rings. The van der Waals surface area contributed by atoms with Crippen LogP contribution in [0.1, 0.15) is 4.88 Å². The van der Waals surface area contributed by atoms with Crippen LogP contribution in [0.5, 0.6) is 0 Å². The lowest BCUT2D eigenvalue weighted by Crippen LogP contribution is -1.98. The van der Waals surface area contributed by atoms with Crippen molar-refractivity contribution in [2.75, 3.05) is 5.32 Å². The van der Waals surface area contributed by atoms with Crippen molar-refractivity contribution in [1.29, 1.82) is 0 Å². The Morgan fingerprint density at radius 1 is 1.06 bits per heavy atom. The van der Waals surface area contributed by atoms with Gasteiger partial charge in [0.1, 0.15) is 0 Å². The highest BCUT2D eigenvalue weighted by molar-refractivity contribution is 7.09. The summed E-state index contributed by atoms with van der Waals surface area (Å²) in [6.07, 6.45) is 1.83. The van der Waals surface area contributed by atoms with Crippen molar-refractivity contribution in [2.45, 2.75) is 6.54 Å². The SMILES string of the molecule is c1csc(CNc2cccc3cccnc23)c1. The van der Waals surface area contributed by atoms with Gasteiger partial charge in [0.15, 0.2) is 0 Å². The molecule has 0 saturated heterocycles. The van der Waals surface area contributed by atoms with Crippen molar-refractivity contribution in [3.63, 3.8) is 0 Å². The van der Waals surface area contributed by atoms with E-state index < -0.39 is 0 Å². The van der Waals surface area contributed by atoms with Gasteiger partial charge in [-0.05, 0) is 23.6 Å². The molecule has 17 heavy (non-hydrogen) atoms. The van der Waals surface area contributed by atoms with E-state index in [-0.39, 0.29) is 0 Å². The van der Waals surface area contributed by atoms with Crippen molar-refractivity contribution in [3.05, 3.63) is 58.9 Å². The van der Waals surface area contributed by atoms with Crippen LogP contribution in [0.2, 0.25) is 0 Å². The third-order valence-corrected chi connectivity index (χ3v) is 3.54. The Kier molecular flexibility index (Phi) is 2.76. The van der Waals surface area contributed by atoms with E-state index in [1.807, 2.05) is 12.3 Å². The zero-order chi connectivity index (χ0) is 11.5. The highest BCUT2D eigenvalue weighted by atomic mass is 32.1. The molecule has 0 saturated carbocycles. The largest absolute Gasteiger partial charge is 0.378 e. The highest BCUT2D eigenvalue weighted by Gasteiger charge is 2.01. The number of nitrogens with one attached hydrogen (secondary N) is 1. The molecule has 0 aliphatic heterocycles. The van der Waals surface area contributed by atoms with Gasteiger partial charge in [-0.1, -0.05) is 24.3 Å². The monoisotopic (exact) mass is 240 g/mol. The van der Waals surface area contributed by atoms with Crippen LogP contribution in [0.25, 0.3) is 10.9 Å². The van der Waals surface area contributed by atoms with Gasteiger partial charge < -0.3 is 5.32 Å². The summed E-state index contributed by atoms with van der Waals surface area (Å²) in [6.45, 7) is 0.855. The van der Waals surface area contributed by atoms with Crippen LogP contribution in [0.15, 0.2) is 54.0 Å². The summed E-state index contributed by atoms with van der Waals surface area (Å²) in [4.78, 5) is 5.75. The van der Waals surface area contributed by atoms with Crippen LogP contribution < -0.4 is 5.32 Å². The third kappa shape index (κ3) is 2.15. The van der Waals surface area contributed by atoms with Crippen molar-refractivity contribution in [3.8, 4) is 0 Å². The molecule has 3 rings (SSSR count). The fraction of sp³-hybridized carbons (Fsp3) is 0.0714. The molecule has 0 radical (unpaired) electrons. The van der Waals surface area contributed by atoms with Gasteiger partial charge in [-0.15, -0.1) is 11.3 Å². The molecule has 1 N–H and O–H groups in total. The van der Waals surface area contributed by atoms with E-state index >= 15 is 0 Å². The minimum Gasteiger partial charge on any atom is -0.378 e. The minimum absolute atomic E-state index is 0.855. The van der Waals surface area contributed by atoms with Crippen molar-refractivity contribution in [2.24, 2.45) is 0 Å². The lowest BCUT2D eigenvalue weighted by atomic mass is 10.2. The molecule has 2 nitrogen and oxygen atoms in total. The molecule has 84 valence electrons. The summed E-state index contributed by atoms with van der Waals surface area (Å²) in [5.74, 6) is 0. The van der Waals surface area contributed by atoms with Gasteiger partial charge in [0, 0.05) is 23.0 Å². The first-order chi connectivity index (χ1) is 8.43. The first kappa shape index (κ1) is 10.3. The standard InChI is InChI=1S/C14H12N2S/c1-4-11-5-2-8-15-14(11)13(7-1)16-10-12-6-3-9-17-12/h1-9,16H,10H2. The topological polar surface area (TPSA) is 24.9 Å². The zero-order valence-corrected chi connectivity index (χ0v) is 10.1. The summed E-state index contributed by atoms with van der Waals surface area (Å²) in [5.41, 5.74) is 2.13.